The Kier molecular flexibility index (Phi) is 5.39. The fourth-order valence-electron chi connectivity index (χ4n) is 2.17. The van der Waals surface area contributed by atoms with Gasteiger partial charge in [0.1, 0.15) is 0 Å². The molecule has 4 heteroatoms. The van der Waals surface area contributed by atoms with Crippen LogP contribution in [0.5, 0.6) is 0 Å². The number of pyridine rings is 1. The number of rotatable bonds is 6. The van der Waals surface area contributed by atoms with E-state index in [0.717, 1.165) is 17.8 Å². The Labute approximate surface area is 124 Å². The molecule has 0 saturated carbocycles. The van der Waals surface area contributed by atoms with E-state index in [2.05, 4.69) is 16.8 Å². The summed E-state index contributed by atoms with van der Waals surface area (Å²) < 4.78 is 0. The predicted molar refractivity (Wildman–Crippen MR) is 83.0 cm³/mol. The Bertz CT molecular complexity index is 512. The lowest BCUT2D eigenvalue weighted by Gasteiger charge is -2.31. The van der Waals surface area contributed by atoms with Crippen molar-refractivity contribution in [2.24, 2.45) is 0 Å². The average molecular weight is 291 g/mol. The first-order valence-electron chi connectivity index (χ1n) is 6.77. The van der Waals surface area contributed by atoms with Gasteiger partial charge in [-0.3, -0.25) is 4.98 Å². The van der Waals surface area contributed by atoms with Crippen LogP contribution in [-0.4, -0.2) is 22.7 Å². The summed E-state index contributed by atoms with van der Waals surface area (Å²) in [6, 6.07) is 13.9. The van der Waals surface area contributed by atoms with Gasteiger partial charge in [0.2, 0.25) is 0 Å². The highest BCUT2D eigenvalue weighted by Crippen LogP contribution is 2.21. The van der Waals surface area contributed by atoms with Crippen molar-refractivity contribution in [1.29, 1.82) is 0 Å². The second kappa shape index (κ2) is 7.27. The van der Waals surface area contributed by atoms with E-state index in [0.29, 0.717) is 11.6 Å². The molecule has 2 aromatic rings. The lowest BCUT2D eigenvalue weighted by Crippen LogP contribution is -2.37. The van der Waals surface area contributed by atoms with Crippen LogP contribution in [0.2, 0.25) is 5.02 Å². The van der Waals surface area contributed by atoms with Gasteiger partial charge in [-0.25, -0.2) is 0 Å². The number of anilines is 1. The molecule has 0 amide bonds. The maximum Gasteiger partial charge on any atom is 0.0635 e. The molecule has 0 bridgehead atoms. The zero-order valence-corrected chi connectivity index (χ0v) is 12.3. The molecule has 1 aromatic carbocycles. The molecule has 0 aliphatic heterocycles. The Morgan fingerprint density at radius 2 is 1.95 bits per heavy atom. The summed E-state index contributed by atoms with van der Waals surface area (Å²) in [6.45, 7) is 2.85. The van der Waals surface area contributed by atoms with E-state index in [9.17, 15) is 5.11 Å². The molecule has 106 valence electrons. The molecule has 0 radical (unpaired) electrons. The normalized spacial score (nSPS) is 12.2. The van der Waals surface area contributed by atoms with E-state index < -0.39 is 0 Å². The molecule has 1 aromatic heterocycles. The average Bonchev–Trinajstić information content (AvgIpc) is 2.50. The van der Waals surface area contributed by atoms with Crippen LogP contribution in [0, 0.1) is 0 Å². The van der Waals surface area contributed by atoms with Gasteiger partial charge in [0, 0.05) is 11.9 Å². The first-order chi connectivity index (χ1) is 9.74. The maximum absolute atomic E-state index is 9.60. The zero-order valence-electron chi connectivity index (χ0n) is 11.5. The van der Waals surface area contributed by atoms with Crippen LogP contribution in [0.15, 0.2) is 48.7 Å². The number of benzene rings is 1. The van der Waals surface area contributed by atoms with Crippen molar-refractivity contribution in [2.45, 2.75) is 25.9 Å². The first-order valence-corrected chi connectivity index (χ1v) is 7.15. The number of para-hydroxylation sites is 1. The van der Waals surface area contributed by atoms with Crippen LogP contribution in [0.25, 0.3) is 0 Å². The Hall–Kier alpha value is -1.58. The van der Waals surface area contributed by atoms with Crippen LogP contribution >= 0.6 is 11.6 Å². The van der Waals surface area contributed by atoms with E-state index >= 15 is 0 Å². The number of hydrogen-bond acceptors (Lipinski definition) is 3. The number of aliphatic hydroxyl groups is 1. The number of aromatic nitrogens is 1. The SMILES string of the molecule is CCC(CO)N(Cc1ccc(Cl)cn1)c1ccccc1. The minimum atomic E-state index is 0.0786. The highest BCUT2D eigenvalue weighted by Gasteiger charge is 2.17. The maximum atomic E-state index is 9.60. The monoisotopic (exact) mass is 290 g/mol. The van der Waals surface area contributed by atoms with Gasteiger partial charge in [-0.2, -0.15) is 0 Å². The Balaban J connectivity index is 2.25. The minimum absolute atomic E-state index is 0.0786. The summed E-state index contributed by atoms with van der Waals surface area (Å²) in [5.41, 5.74) is 2.02. The smallest absolute Gasteiger partial charge is 0.0635 e. The molecule has 0 aliphatic carbocycles. The molecule has 1 heterocycles. The van der Waals surface area contributed by atoms with Crippen molar-refractivity contribution in [3.63, 3.8) is 0 Å². The summed E-state index contributed by atoms with van der Waals surface area (Å²) in [6.07, 6.45) is 2.53. The molecule has 1 unspecified atom stereocenters. The highest BCUT2D eigenvalue weighted by molar-refractivity contribution is 6.30. The molecule has 20 heavy (non-hydrogen) atoms. The van der Waals surface area contributed by atoms with Crippen molar-refractivity contribution in [1.82, 2.24) is 4.98 Å². The number of hydrogen-bond donors (Lipinski definition) is 1. The largest absolute Gasteiger partial charge is 0.394 e. The molecule has 0 fully saturated rings. The van der Waals surface area contributed by atoms with Crippen LogP contribution in [0.4, 0.5) is 5.69 Å². The highest BCUT2D eigenvalue weighted by atomic mass is 35.5. The standard InChI is InChI=1S/C16H19ClN2O/c1-2-15(12-20)19(16-6-4-3-5-7-16)11-14-9-8-13(17)10-18-14/h3-10,15,20H,2,11-12H2,1H3. The van der Waals surface area contributed by atoms with E-state index in [1.165, 1.54) is 0 Å². The molecule has 0 spiro atoms. The third-order valence-corrected chi connectivity index (χ3v) is 3.56. The summed E-state index contributed by atoms with van der Waals surface area (Å²) in [5, 5.41) is 10.2. The van der Waals surface area contributed by atoms with Gasteiger partial charge >= 0.3 is 0 Å². The molecule has 2 rings (SSSR count). The Morgan fingerprint density at radius 3 is 2.50 bits per heavy atom. The van der Waals surface area contributed by atoms with Crippen LogP contribution in [0.1, 0.15) is 19.0 Å². The van der Waals surface area contributed by atoms with Gasteiger partial charge in [-0.15, -0.1) is 0 Å². The second-order valence-electron chi connectivity index (χ2n) is 4.68. The van der Waals surface area contributed by atoms with Crippen LogP contribution < -0.4 is 4.90 Å². The molecular weight excluding hydrogens is 272 g/mol. The van der Waals surface area contributed by atoms with Gasteiger partial charge < -0.3 is 10.0 Å². The molecule has 0 saturated heterocycles. The van der Waals surface area contributed by atoms with Gasteiger partial charge in [-0.05, 0) is 30.7 Å². The molecule has 1 N–H and O–H groups in total. The summed E-state index contributed by atoms with van der Waals surface area (Å²) >= 11 is 5.87. The van der Waals surface area contributed by atoms with Gasteiger partial charge in [0.25, 0.3) is 0 Å². The molecule has 1 atom stereocenters. The van der Waals surface area contributed by atoms with Crippen LogP contribution in [0.3, 0.4) is 0 Å². The summed E-state index contributed by atoms with van der Waals surface area (Å²) in [7, 11) is 0. The molecule has 3 nitrogen and oxygen atoms in total. The molecule has 0 aliphatic rings. The predicted octanol–water partition coefficient (Wildman–Crippen LogP) is 3.51. The Morgan fingerprint density at radius 1 is 1.20 bits per heavy atom. The van der Waals surface area contributed by atoms with Crippen molar-refractivity contribution >= 4 is 17.3 Å². The topological polar surface area (TPSA) is 36.4 Å². The van der Waals surface area contributed by atoms with E-state index in [1.54, 1.807) is 6.20 Å². The van der Waals surface area contributed by atoms with Gasteiger partial charge in [0.05, 0.1) is 29.9 Å². The van der Waals surface area contributed by atoms with E-state index in [1.807, 2.05) is 42.5 Å². The second-order valence-corrected chi connectivity index (χ2v) is 5.11. The van der Waals surface area contributed by atoms with Crippen molar-refractivity contribution in [2.75, 3.05) is 11.5 Å². The fraction of sp³-hybridized carbons (Fsp3) is 0.312. The quantitative estimate of drug-likeness (QED) is 0.884. The van der Waals surface area contributed by atoms with Gasteiger partial charge in [-0.1, -0.05) is 36.7 Å². The summed E-state index contributed by atoms with van der Waals surface area (Å²) in [5.74, 6) is 0. The van der Waals surface area contributed by atoms with E-state index in [4.69, 9.17) is 11.6 Å². The third-order valence-electron chi connectivity index (χ3n) is 3.33. The van der Waals surface area contributed by atoms with Crippen molar-refractivity contribution in [3.05, 3.63) is 59.4 Å². The lowest BCUT2D eigenvalue weighted by atomic mass is 10.1. The van der Waals surface area contributed by atoms with Crippen molar-refractivity contribution in [3.8, 4) is 0 Å². The van der Waals surface area contributed by atoms with Crippen molar-refractivity contribution < 1.29 is 5.11 Å². The van der Waals surface area contributed by atoms with E-state index in [-0.39, 0.29) is 12.6 Å². The first kappa shape index (κ1) is 14.8. The number of halogens is 1. The fourth-order valence-corrected chi connectivity index (χ4v) is 2.29. The summed E-state index contributed by atoms with van der Waals surface area (Å²) in [4.78, 5) is 6.52. The number of aliphatic hydroxyl groups excluding tert-OH is 1. The van der Waals surface area contributed by atoms with Crippen LogP contribution in [-0.2, 0) is 6.54 Å². The number of nitrogens with zero attached hydrogens (tertiary/aromatic N) is 2. The zero-order chi connectivity index (χ0) is 14.4. The van der Waals surface area contributed by atoms with Gasteiger partial charge in [0.15, 0.2) is 0 Å². The minimum Gasteiger partial charge on any atom is -0.394 e. The third kappa shape index (κ3) is 3.71. The molecular formula is C16H19ClN2O. The lowest BCUT2D eigenvalue weighted by molar-refractivity contribution is 0.255.